The molecule has 1 N–H and O–H groups in total. The van der Waals surface area contributed by atoms with Gasteiger partial charge in [-0.3, -0.25) is 4.79 Å². The van der Waals surface area contributed by atoms with Crippen molar-refractivity contribution in [2.24, 2.45) is 0 Å². The highest BCUT2D eigenvalue weighted by molar-refractivity contribution is 6.30. The zero-order valence-electron chi connectivity index (χ0n) is 15.0. The monoisotopic (exact) mass is 377 g/mol. The SMILES string of the molecule is Cc1ccc(NC(=O)/C=C/c2ccc(OCc3ccc(Cl)cc3)cc2)cc1. The van der Waals surface area contributed by atoms with Crippen molar-refractivity contribution in [1.82, 2.24) is 0 Å². The third-order valence-electron chi connectivity index (χ3n) is 3.95. The molecule has 3 aromatic rings. The van der Waals surface area contributed by atoms with Gasteiger partial charge in [-0.25, -0.2) is 0 Å². The van der Waals surface area contributed by atoms with Crippen LogP contribution in [0.4, 0.5) is 5.69 Å². The summed E-state index contributed by atoms with van der Waals surface area (Å²) in [7, 11) is 0. The molecule has 0 saturated heterocycles. The Morgan fingerprint density at radius 3 is 2.30 bits per heavy atom. The highest BCUT2D eigenvalue weighted by Crippen LogP contribution is 2.16. The van der Waals surface area contributed by atoms with Crippen molar-refractivity contribution in [3.8, 4) is 5.75 Å². The number of benzene rings is 3. The van der Waals surface area contributed by atoms with E-state index in [2.05, 4.69) is 5.32 Å². The lowest BCUT2D eigenvalue weighted by Crippen LogP contribution is -2.07. The Hall–Kier alpha value is -3.04. The van der Waals surface area contributed by atoms with Crippen LogP contribution in [0, 0.1) is 6.92 Å². The quantitative estimate of drug-likeness (QED) is 0.545. The predicted molar refractivity (Wildman–Crippen MR) is 111 cm³/mol. The fourth-order valence-electron chi connectivity index (χ4n) is 2.42. The topological polar surface area (TPSA) is 38.3 Å². The summed E-state index contributed by atoms with van der Waals surface area (Å²) in [5.41, 5.74) is 3.91. The van der Waals surface area contributed by atoms with Crippen molar-refractivity contribution in [1.29, 1.82) is 0 Å². The van der Waals surface area contributed by atoms with Gasteiger partial charge in [-0.05, 0) is 60.5 Å². The van der Waals surface area contributed by atoms with E-state index in [9.17, 15) is 4.79 Å². The summed E-state index contributed by atoms with van der Waals surface area (Å²) in [5, 5.41) is 3.54. The molecule has 3 rings (SSSR count). The minimum absolute atomic E-state index is 0.165. The molecule has 0 fully saturated rings. The van der Waals surface area contributed by atoms with Crippen LogP contribution in [-0.2, 0) is 11.4 Å². The van der Waals surface area contributed by atoms with E-state index < -0.39 is 0 Å². The van der Waals surface area contributed by atoms with Crippen molar-refractivity contribution < 1.29 is 9.53 Å². The number of nitrogens with one attached hydrogen (secondary N) is 1. The Kier molecular flexibility index (Phi) is 6.29. The molecule has 0 aromatic heterocycles. The van der Waals surface area contributed by atoms with E-state index in [-0.39, 0.29) is 5.91 Å². The molecule has 0 unspecified atom stereocenters. The average Bonchev–Trinajstić information content (AvgIpc) is 2.68. The molecule has 3 aromatic carbocycles. The van der Waals surface area contributed by atoms with Crippen LogP contribution in [0.15, 0.2) is 78.9 Å². The summed E-state index contributed by atoms with van der Waals surface area (Å²) >= 11 is 5.87. The van der Waals surface area contributed by atoms with Crippen LogP contribution in [0.2, 0.25) is 5.02 Å². The molecule has 0 aliphatic carbocycles. The van der Waals surface area contributed by atoms with Gasteiger partial charge in [0.25, 0.3) is 0 Å². The first-order chi connectivity index (χ1) is 13.1. The van der Waals surface area contributed by atoms with Gasteiger partial charge < -0.3 is 10.1 Å². The van der Waals surface area contributed by atoms with Gasteiger partial charge in [0.05, 0.1) is 0 Å². The molecule has 3 nitrogen and oxygen atoms in total. The van der Waals surface area contributed by atoms with E-state index in [0.717, 1.165) is 28.1 Å². The highest BCUT2D eigenvalue weighted by Gasteiger charge is 1.99. The van der Waals surface area contributed by atoms with Crippen molar-refractivity contribution in [3.05, 3.63) is 101 Å². The van der Waals surface area contributed by atoms with Crippen molar-refractivity contribution in [2.75, 3.05) is 5.32 Å². The van der Waals surface area contributed by atoms with Gasteiger partial charge in [0, 0.05) is 16.8 Å². The number of hydrogen-bond donors (Lipinski definition) is 1. The Morgan fingerprint density at radius 2 is 1.63 bits per heavy atom. The van der Waals surface area contributed by atoms with E-state index in [4.69, 9.17) is 16.3 Å². The Bertz CT molecular complexity index is 914. The summed E-state index contributed by atoms with van der Waals surface area (Å²) in [5.74, 6) is 0.605. The molecule has 1 amide bonds. The lowest BCUT2D eigenvalue weighted by atomic mass is 10.2. The Balaban J connectivity index is 1.51. The van der Waals surface area contributed by atoms with Crippen LogP contribution in [0.25, 0.3) is 6.08 Å². The second-order valence-corrected chi connectivity index (χ2v) is 6.61. The number of amides is 1. The highest BCUT2D eigenvalue weighted by atomic mass is 35.5. The number of halogens is 1. The maximum atomic E-state index is 12.0. The van der Waals surface area contributed by atoms with Crippen molar-refractivity contribution >= 4 is 29.3 Å². The second kappa shape index (κ2) is 9.06. The molecule has 0 aliphatic rings. The fraction of sp³-hybridized carbons (Fsp3) is 0.0870. The lowest BCUT2D eigenvalue weighted by Gasteiger charge is -2.06. The summed E-state index contributed by atoms with van der Waals surface area (Å²) in [6, 6.07) is 22.8. The van der Waals surface area contributed by atoms with E-state index in [1.54, 1.807) is 6.08 Å². The number of anilines is 1. The third-order valence-corrected chi connectivity index (χ3v) is 4.20. The van der Waals surface area contributed by atoms with Crippen LogP contribution in [0.1, 0.15) is 16.7 Å². The molecule has 0 bridgehead atoms. The zero-order valence-corrected chi connectivity index (χ0v) is 15.7. The number of hydrogen-bond acceptors (Lipinski definition) is 2. The van der Waals surface area contributed by atoms with Crippen LogP contribution in [0.5, 0.6) is 5.75 Å². The first-order valence-corrected chi connectivity index (χ1v) is 8.99. The Morgan fingerprint density at radius 1 is 0.963 bits per heavy atom. The molecule has 4 heteroatoms. The predicted octanol–water partition coefficient (Wildman–Crippen LogP) is 5.88. The van der Waals surface area contributed by atoms with Crippen LogP contribution in [-0.4, -0.2) is 5.91 Å². The van der Waals surface area contributed by atoms with Crippen molar-refractivity contribution in [2.45, 2.75) is 13.5 Å². The van der Waals surface area contributed by atoms with Gasteiger partial charge in [-0.2, -0.15) is 0 Å². The summed E-state index contributed by atoms with van der Waals surface area (Å²) < 4.78 is 5.75. The molecular weight excluding hydrogens is 358 g/mol. The second-order valence-electron chi connectivity index (χ2n) is 6.17. The van der Waals surface area contributed by atoms with Crippen LogP contribution in [0.3, 0.4) is 0 Å². The molecule has 27 heavy (non-hydrogen) atoms. The molecule has 0 saturated carbocycles. The number of aryl methyl sites for hydroxylation is 1. The lowest BCUT2D eigenvalue weighted by molar-refractivity contribution is -0.111. The van der Waals surface area contributed by atoms with E-state index in [0.29, 0.717) is 11.6 Å². The maximum Gasteiger partial charge on any atom is 0.248 e. The van der Waals surface area contributed by atoms with Gasteiger partial charge in [-0.15, -0.1) is 0 Å². The average molecular weight is 378 g/mol. The summed E-state index contributed by atoms with van der Waals surface area (Å²) in [6.07, 6.45) is 3.29. The van der Waals surface area contributed by atoms with Crippen LogP contribution >= 0.6 is 11.6 Å². The van der Waals surface area contributed by atoms with E-state index >= 15 is 0 Å². The summed E-state index contributed by atoms with van der Waals surface area (Å²) in [6.45, 7) is 2.49. The number of carbonyl (C=O) groups is 1. The largest absolute Gasteiger partial charge is 0.489 e. The molecular formula is C23H20ClNO2. The van der Waals surface area contributed by atoms with E-state index in [1.807, 2.05) is 79.7 Å². The first-order valence-electron chi connectivity index (χ1n) is 8.61. The van der Waals surface area contributed by atoms with Gasteiger partial charge in [0.15, 0.2) is 0 Å². The minimum Gasteiger partial charge on any atom is -0.489 e. The number of rotatable bonds is 6. The molecule has 0 spiro atoms. The molecule has 0 radical (unpaired) electrons. The molecule has 136 valence electrons. The summed E-state index contributed by atoms with van der Waals surface area (Å²) in [4.78, 5) is 12.0. The number of carbonyl (C=O) groups excluding carboxylic acids is 1. The zero-order chi connectivity index (χ0) is 19.1. The fourth-order valence-corrected chi connectivity index (χ4v) is 2.54. The van der Waals surface area contributed by atoms with E-state index in [1.165, 1.54) is 6.08 Å². The maximum absolute atomic E-state index is 12.0. The van der Waals surface area contributed by atoms with Crippen LogP contribution < -0.4 is 10.1 Å². The van der Waals surface area contributed by atoms with Gasteiger partial charge >= 0.3 is 0 Å². The minimum atomic E-state index is -0.165. The molecule has 0 heterocycles. The Labute approximate surface area is 164 Å². The molecule has 0 aliphatic heterocycles. The molecule has 0 atom stereocenters. The van der Waals surface area contributed by atoms with Gasteiger partial charge in [0.1, 0.15) is 12.4 Å². The third kappa shape index (κ3) is 6.01. The van der Waals surface area contributed by atoms with Crippen molar-refractivity contribution in [3.63, 3.8) is 0 Å². The standard InChI is InChI=1S/C23H20ClNO2/c1-17-2-11-21(12-3-17)25-23(26)15-8-18-6-13-22(14-7-18)27-16-19-4-9-20(24)10-5-19/h2-15H,16H2,1H3,(H,25,26)/b15-8+. The van der Waals surface area contributed by atoms with Gasteiger partial charge in [-0.1, -0.05) is 53.6 Å². The number of ether oxygens (including phenoxy) is 1. The smallest absolute Gasteiger partial charge is 0.248 e. The first kappa shape index (κ1) is 18.7. The normalized spacial score (nSPS) is 10.7. The van der Waals surface area contributed by atoms with Gasteiger partial charge in [0.2, 0.25) is 5.91 Å².